The van der Waals surface area contributed by atoms with E-state index in [2.05, 4.69) is 5.32 Å². The molecule has 0 saturated heterocycles. The number of hydrogen-bond donors (Lipinski definition) is 4. The van der Waals surface area contributed by atoms with Gasteiger partial charge in [0.1, 0.15) is 8.42 Å². The number of sulfone groups is 1. The van der Waals surface area contributed by atoms with E-state index in [1.165, 1.54) is 6.07 Å². The van der Waals surface area contributed by atoms with Gasteiger partial charge in [0.25, 0.3) is 0 Å². The molecule has 0 unspecified atom stereocenters. The van der Waals surface area contributed by atoms with Crippen molar-refractivity contribution in [1.29, 1.82) is 0 Å². The van der Waals surface area contributed by atoms with Crippen LogP contribution < -0.4 is 10.5 Å². The molecule has 1 aliphatic rings. The van der Waals surface area contributed by atoms with Crippen LogP contribution >= 0.6 is 11.3 Å². The molecule has 5 N–H and O–H groups in total. The molecule has 2 atom stereocenters. The SMILES string of the molecule is CCN[C@H]1C[C@H](C)S(=O)(=O)c2sc(S(N)(=O)=O)cc21.O=C(O)/C=C\C(=O)O. The largest absolute Gasteiger partial charge is 0.478 e. The minimum absolute atomic E-state index is 0.0990. The highest BCUT2D eigenvalue weighted by molar-refractivity contribution is 7.95. The number of carboxylic acids is 2. The van der Waals surface area contributed by atoms with Crippen LogP contribution in [0.4, 0.5) is 0 Å². The lowest BCUT2D eigenvalue weighted by molar-refractivity contribution is -0.134. The summed E-state index contributed by atoms with van der Waals surface area (Å²) in [6, 6.07) is 1.23. The van der Waals surface area contributed by atoms with Gasteiger partial charge in [0.2, 0.25) is 10.0 Å². The zero-order valence-electron chi connectivity index (χ0n) is 14.4. The predicted molar refractivity (Wildman–Crippen MR) is 97.8 cm³/mol. The smallest absolute Gasteiger partial charge is 0.328 e. The number of nitrogens with two attached hydrogens (primary N) is 1. The van der Waals surface area contributed by atoms with Crippen LogP contribution in [0.2, 0.25) is 0 Å². The molecule has 0 amide bonds. The van der Waals surface area contributed by atoms with E-state index in [1.54, 1.807) is 6.92 Å². The van der Waals surface area contributed by atoms with E-state index in [0.717, 1.165) is 11.3 Å². The van der Waals surface area contributed by atoms with Crippen LogP contribution in [0.5, 0.6) is 0 Å². The summed E-state index contributed by atoms with van der Waals surface area (Å²) in [5.41, 5.74) is 0.522. The maximum Gasteiger partial charge on any atom is 0.328 e. The second-order valence-corrected chi connectivity index (χ2v) is 11.0. The number of sulfonamides is 1. The van der Waals surface area contributed by atoms with Crippen LogP contribution in [0.25, 0.3) is 0 Å². The molecule has 13 heteroatoms. The molecule has 0 radical (unpaired) electrons. The maximum atomic E-state index is 12.2. The first-order valence-electron chi connectivity index (χ1n) is 7.58. The van der Waals surface area contributed by atoms with E-state index in [4.69, 9.17) is 15.4 Å². The highest BCUT2D eigenvalue weighted by atomic mass is 32.3. The van der Waals surface area contributed by atoms with Gasteiger partial charge < -0.3 is 15.5 Å². The summed E-state index contributed by atoms with van der Waals surface area (Å²) in [4.78, 5) is 19.1. The average Bonchev–Trinajstić information content (AvgIpc) is 2.98. The summed E-state index contributed by atoms with van der Waals surface area (Å²) < 4.78 is 47.3. The van der Waals surface area contributed by atoms with E-state index in [9.17, 15) is 26.4 Å². The van der Waals surface area contributed by atoms with Gasteiger partial charge in [-0.1, -0.05) is 6.92 Å². The topological polar surface area (TPSA) is 181 Å². The van der Waals surface area contributed by atoms with Crippen molar-refractivity contribution >= 4 is 43.1 Å². The molecule has 0 aromatic carbocycles. The number of rotatable bonds is 5. The van der Waals surface area contributed by atoms with Crippen LogP contribution in [0, 0.1) is 0 Å². The second-order valence-electron chi connectivity index (χ2n) is 5.56. The number of primary sulfonamides is 1. The molecule has 0 spiro atoms. The van der Waals surface area contributed by atoms with Crippen molar-refractivity contribution in [2.24, 2.45) is 5.14 Å². The first-order chi connectivity index (χ1) is 12.3. The minimum Gasteiger partial charge on any atom is -0.478 e. The van der Waals surface area contributed by atoms with E-state index >= 15 is 0 Å². The van der Waals surface area contributed by atoms with Gasteiger partial charge in [0, 0.05) is 23.8 Å². The normalized spacial score (nSPS) is 21.1. The van der Waals surface area contributed by atoms with Crippen molar-refractivity contribution in [3.8, 4) is 0 Å². The highest BCUT2D eigenvalue weighted by Gasteiger charge is 2.39. The fourth-order valence-corrected chi connectivity index (χ4v) is 6.74. The summed E-state index contributed by atoms with van der Waals surface area (Å²) in [6.07, 6.45) is 1.55. The Hall–Kier alpha value is -1.80. The third-order valence-electron chi connectivity index (χ3n) is 3.53. The Balaban J connectivity index is 0.000000387. The Bertz CT molecular complexity index is 931. The van der Waals surface area contributed by atoms with Crippen LogP contribution in [0.3, 0.4) is 0 Å². The number of fused-ring (bicyclic) bond motifs is 1. The van der Waals surface area contributed by atoms with Crippen LogP contribution in [-0.4, -0.2) is 50.8 Å². The Morgan fingerprint density at radius 1 is 1.33 bits per heavy atom. The number of carbonyl (C=O) groups is 2. The minimum atomic E-state index is -3.88. The molecule has 152 valence electrons. The van der Waals surface area contributed by atoms with Crippen LogP contribution in [0.15, 0.2) is 26.6 Å². The molecule has 2 rings (SSSR count). The lowest BCUT2D eigenvalue weighted by Gasteiger charge is -2.27. The van der Waals surface area contributed by atoms with Crippen molar-refractivity contribution in [1.82, 2.24) is 5.32 Å². The monoisotopic (exact) mass is 440 g/mol. The molecule has 10 nitrogen and oxygen atoms in total. The molecule has 1 aromatic heterocycles. The molecule has 0 bridgehead atoms. The van der Waals surface area contributed by atoms with Crippen molar-refractivity contribution in [3.63, 3.8) is 0 Å². The van der Waals surface area contributed by atoms with Gasteiger partial charge in [-0.3, -0.25) is 0 Å². The molecule has 1 aromatic rings. The Labute approximate surface area is 160 Å². The van der Waals surface area contributed by atoms with Crippen LogP contribution in [0.1, 0.15) is 31.9 Å². The predicted octanol–water partition coefficient (Wildman–Crippen LogP) is 0.324. The summed E-state index contributed by atoms with van der Waals surface area (Å²) in [6.45, 7) is 4.23. The molecule has 0 fully saturated rings. The summed E-state index contributed by atoms with van der Waals surface area (Å²) in [5.74, 6) is -2.51. The van der Waals surface area contributed by atoms with E-state index in [-0.39, 0.29) is 14.5 Å². The molecular weight excluding hydrogens is 420 g/mol. The zero-order valence-corrected chi connectivity index (χ0v) is 16.9. The molecule has 0 aliphatic carbocycles. The lowest BCUT2D eigenvalue weighted by Crippen LogP contribution is -2.33. The van der Waals surface area contributed by atoms with Crippen LogP contribution in [-0.2, 0) is 29.4 Å². The van der Waals surface area contributed by atoms with Gasteiger partial charge in [0.15, 0.2) is 9.84 Å². The number of aliphatic carboxylic acids is 2. The Kier molecular flexibility index (Phi) is 7.68. The third kappa shape index (κ3) is 6.10. The fourth-order valence-electron chi connectivity index (χ4n) is 2.32. The van der Waals surface area contributed by atoms with E-state index < -0.39 is 37.0 Å². The number of nitrogens with one attached hydrogen (secondary N) is 1. The molecule has 27 heavy (non-hydrogen) atoms. The highest BCUT2D eigenvalue weighted by Crippen LogP contribution is 2.42. The zero-order chi connectivity index (χ0) is 21.0. The molecule has 0 saturated carbocycles. The summed E-state index contributed by atoms with van der Waals surface area (Å²) >= 11 is 0.742. The Morgan fingerprint density at radius 2 is 1.85 bits per heavy atom. The number of carboxylic acid groups (broad SMARTS) is 2. The third-order valence-corrected chi connectivity index (χ3v) is 8.85. The molecule has 1 aliphatic heterocycles. The lowest BCUT2D eigenvalue weighted by atomic mass is 10.1. The van der Waals surface area contributed by atoms with Gasteiger partial charge in [-0.05, 0) is 26.0 Å². The number of thiophene rings is 1. The Morgan fingerprint density at radius 3 is 2.26 bits per heavy atom. The summed E-state index contributed by atoms with van der Waals surface area (Å²) in [5, 5.41) is 23.4. The first kappa shape index (κ1) is 23.2. The van der Waals surface area contributed by atoms with Gasteiger partial charge in [0.05, 0.1) is 5.25 Å². The van der Waals surface area contributed by atoms with E-state index in [1.807, 2.05) is 6.92 Å². The van der Waals surface area contributed by atoms with Crippen molar-refractivity contribution < 1.29 is 36.6 Å². The van der Waals surface area contributed by atoms with Crippen molar-refractivity contribution in [2.45, 2.75) is 40.0 Å². The quantitative estimate of drug-likeness (QED) is 0.469. The van der Waals surface area contributed by atoms with Gasteiger partial charge in [-0.15, -0.1) is 11.3 Å². The van der Waals surface area contributed by atoms with Crippen molar-refractivity contribution in [2.75, 3.05) is 6.54 Å². The van der Waals surface area contributed by atoms with Gasteiger partial charge in [-0.25, -0.2) is 31.6 Å². The molecular formula is C14H20N2O8S3. The average molecular weight is 441 g/mol. The van der Waals surface area contributed by atoms with Crippen molar-refractivity contribution in [3.05, 3.63) is 23.8 Å². The van der Waals surface area contributed by atoms with E-state index in [0.29, 0.717) is 30.7 Å². The van der Waals surface area contributed by atoms with Gasteiger partial charge in [-0.2, -0.15) is 0 Å². The standard InChI is InChI=1S/C10H16N2O4S3.C4H4O4/c1-3-12-8-4-6(2)18(13,14)10-7(8)5-9(17-10)19(11,15)16;5-3(6)1-2-4(7)8/h5-6,8,12H,3-4H2,1-2H3,(H2,11,15,16);1-2H,(H,5,6)(H,7,8)/b;2-1-/t6-,8-;/m0./s1. The first-order valence-corrected chi connectivity index (χ1v) is 11.5. The second kappa shape index (κ2) is 8.93. The van der Waals surface area contributed by atoms with Gasteiger partial charge >= 0.3 is 11.9 Å². The number of hydrogen-bond acceptors (Lipinski definition) is 8. The maximum absolute atomic E-state index is 12.2. The molecule has 2 heterocycles. The fraction of sp³-hybridized carbons (Fsp3) is 0.429. The summed E-state index contributed by atoms with van der Waals surface area (Å²) in [7, 11) is -7.33.